The number of methoxy groups -OCH3 is 1. The summed E-state index contributed by atoms with van der Waals surface area (Å²) in [6, 6.07) is 8.72. The van der Waals surface area contributed by atoms with Crippen LogP contribution in [0.3, 0.4) is 0 Å². The van der Waals surface area contributed by atoms with Crippen molar-refractivity contribution in [2.75, 3.05) is 32.7 Å². The van der Waals surface area contributed by atoms with Crippen molar-refractivity contribution in [2.45, 2.75) is 70.3 Å². The summed E-state index contributed by atoms with van der Waals surface area (Å²) in [6.45, 7) is 3.51. The van der Waals surface area contributed by atoms with Crippen molar-refractivity contribution in [1.29, 1.82) is 0 Å². The molecule has 0 aliphatic heterocycles. The first-order chi connectivity index (χ1) is 17.6. The zero-order valence-electron chi connectivity index (χ0n) is 22.8. The molecule has 0 N–H and O–H groups in total. The lowest BCUT2D eigenvalue weighted by molar-refractivity contribution is -0.185. The highest BCUT2D eigenvalue weighted by atomic mass is 16.6. The van der Waals surface area contributed by atoms with Crippen LogP contribution in [0.4, 0.5) is 5.69 Å². The van der Waals surface area contributed by atoms with Gasteiger partial charge in [0.2, 0.25) is 5.78 Å². The van der Waals surface area contributed by atoms with Gasteiger partial charge in [-0.3, -0.25) is 14.4 Å². The van der Waals surface area contributed by atoms with Crippen molar-refractivity contribution in [3.05, 3.63) is 52.6 Å². The quantitative estimate of drug-likeness (QED) is 0.497. The van der Waals surface area contributed by atoms with Gasteiger partial charge in [-0.05, 0) is 72.8 Å². The molecule has 0 bridgehead atoms. The maximum atomic E-state index is 13.7. The molecule has 0 radical (unpaired) electrons. The van der Waals surface area contributed by atoms with Gasteiger partial charge >= 0.3 is 5.97 Å². The molecular weight excluding hydrogens is 466 g/mol. The Morgan fingerprint density at radius 2 is 1.86 bits per heavy atom. The van der Waals surface area contributed by atoms with Crippen LogP contribution in [0.15, 0.2) is 47.1 Å². The van der Waals surface area contributed by atoms with Crippen LogP contribution in [-0.4, -0.2) is 50.9 Å². The molecule has 0 saturated heterocycles. The number of allylic oxidation sites excluding steroid dienone is 4. The van der Waals surface area contributed by atoms with E-state index in [0.29, 0.717) is 25.0 Å². The Bertz CT molecular complexity index is 1180. The summed E-state index contributed by atoms with van der Waals surface area (Å²) in [6.07, 6.45) is 7.14. The molecule has 6 heteroatoms. The number of Topliss-reactive ketones (excluding diaryl/α,β-unsaturated/α-hetero) is 2. The predicted molar refractivity (Wildman–Crippen MR) is 142 cm³/mol. The first-order valence-corrected chi connectivity index (χ1v) is 13.5. The third kappa shape index (κ3) is 4.08. The number of carbonyl (C=O) groups excluding carboxylic acids is 3. The molecule has 3 fully saturated rings. The second-order valence-electron chi connectivity index (χ2n) is 11.8. The largest absolute Gasteiger partial charge is 0.451 e. The van der Waals surface area contributed by atoms with Crippen LogP contribution in [0.2, 0.25) is 0 Å². The summed E-state index contributed by atoms with van der Waals surface area (Å²) < 4.78 is 11.4. The molecule has 1 aromatic carbocycles. The van der Waals surface area contributed by atoms with Gasteiger partial charge in [0.1, 0.15) is 12.4 Å². The number of ether oxygens (including phenoxy) is 2. The molecule has 4 aliphatic carbocycles. The first-order valence-electron chi connectivity index (χ1n) is 13.5. The van der Waals surface area contributed by atoms with E-state index in [0.717, 1.165) is 31.4 Å². The van der Waals surface area contributed by atoms with Gasteiger partial charge in [0.15, 0.2) is 5.60 Å². The zero-order chi connectivity index (χ0) is 26.5. The molecule has 0 aromatic heterocycles. The number of hydrogen-bond acceptors (Lipinski definition) is 6. The van der Waals surface area contributed by atoms with E-state index < -0.39 is 17.0 Å². The second-order valence-corrected chi connectivity index (χ2v) is 11.8. The van der Waals surface area contributed by atoms with Crippen molar-refractivity contribution in [3.8, 4) is 0 Å². The molecule has 3 saturated carbocycles. The second kappa shape index (κ2) is 9.54. The minimum atomic E-state index is -1.19. The topological polar surface area (TPSA) is 72.9 Å². The van der Waals surface area contributed by atoms with Crippen molar-refractivity contribution < 1.29 is 23.9 Å². The van der Waals surface area contributed by atoms with E-state index in [1.54, 1.807) is 0 Å². The standard InChI is InChI=1S/C31H39NO5/c1-19(33)37-31(28(35)18-36-5)15-14-27-25-12-8-21-16-23(34)11-13-24(21)29(25)26(17-30(27,31)2)20-6-9-22(10-7-20)32(3)4/h6-10,25-27H,11-18H2,1-5H3/t25?,26?,27?,30-,31-/m0/s1. The summed E-state index contributed by atoms with van der Waals surface area (Å²) in [5, 5.41) is 0. The van der Waals surface area contributed by atoms with Crippen LogP contribution in [0.25, 0.3) is 0 Å². The molecule has 3 unspecified atom stereocenters. The van der Waals surface area contributed by atoms with Gasteiger partial charge in [-0.15, -0.1) is 0 Å². The van der Waals surface area contributed by atoms with Crippen LogP contribution in [0.1, 0.15) is 70.3 Å². The highest BCUT2D eigenvalue weighted by Crippen LogP contribution is 2.67. The highest BCUT2D eigenvalue weighted by molar-refractivity contribution is 5.92. The van der Waals surface area contributed by atoms with Gasteiger partial charge in [-0.25, -0.2) is 0 Å². The van der Waals surface area contributed by atoms with Crippen molar-refractivity contribution >= 4 is 23.2 Å². The number of benzene rings is 1. The molecule has 0 spiro atoms. The molecule has 1 aromatic rings. The van der Waals surface area contributed by atoms with Crippen molar-refractivity contribution in [1.82, 2.24) is 0 Å². The van der Waals surface area contributed by atoms with Crippen LogP contribution in [0, 0.1) is 17.3 Å². The molecular formula is C31H39NO5. The van der Waals surface area contributed by atoms with E-state index >= 15 is 0 Å². The third-order valence-corrected chi connectivity index (χ3v) is 9.69. The number of esters is 1. The van der Waals surface area contributed by atoms with Gasteiger partial charge in [0.05, 0.1) is 0 Å². The SMILES string of the molecule is COCC(=O)[C@@]1(OC(C)=O)CCC2C3CC=C4CC(=O)CCC4=C3C(c3ccc(N(C)C)cc3)C[C@@]21C. The summed E-state index contributed by atoms with van der Waals surface area (Å²) in [7, 11) is 5.59. The molecule has 37 heavy (non-hydrogen) atoms. The number of rotatable bonds is 6. The van der Waals surface area contributed by atoms with Crippen LogP contribution in [-0.2, 0) is 23.9 Å². The summed E-state index contributed by atoms with van der Waals surface area (Å²) >= 11 is 0. The Labute approximate surface area is 220 Å². The van der Waals surface area contributed by atoms with E-state index in [9.17, 15) is 14.4 Å². The lowest BCUT2D eigenvalue weighted by atomic mass is 9.51. The summed E-state index contributed by atoms with van der Waals surface area (Å²) in [5.41, 5.74) is 4.68. The predicted octanol–water partition coefficient (Wildman–Crippen LogP) is 5.17. The minimum absolute atomic E-state index is 0.0669. The van der Waals surface area contributed by atoms with E-state index in [-0.39, 0.29) is 30.1 Å². The van der Waals surface area contributed by atoms with Crippen LogP contribution in [0.5, 0.6) is 0 Å². The lowest BCUT2D eigenvalue weighted by Gasteiger charge is -2.54. The number of hydrogen-bond donors (Lipinski definition) is 0. The van der Waals surface area contributed by atoms with Gasteiger partial charge in [-0.2, -0.15) is 0 Å². The Balaban J connectivity index is 1.66. The third-order valence-electron chi connectivity index (χ3n) is 9.69. The number of carbonyl (C=O) groups is 3. The van der Waals surface area contributed by atoms with E-state index in [1.165, 1.54) is 36.3 Å². The number of ketones is 2. The van der Waals surface area contributed by atoms with Gasteiger partial charge in [0.25, 0.3) is 0 Å². The lowest BCUT2D eigenvalue weighted by Crippen LogP contribution is -2.58. The number of fused-ring (bicyclic) bond motifs is 4. The molecule has 6 nitrogen and oxygen atoms in total. The average molecular weight is 506 g/mol. The zero-order valence-corrected chi connectivity index (χ0v) is 22.8. The van der Waals surface area contributed by atoms with Gasteiger partial charge in [-0.1, -0.05) is 30.7 Å². The number of anilines is 1. The van der Waals surface area contributed by atoms with Gasteiger partial charge < -0.3 is 14.4 Å². The smallest absolute Gasteiger partial charge is 0.303 e. The van der Waals surface area contributed by atoms with Crippen LogP contribution >= 0.6 is 0 Å². The summed E-state index contributed by atoms with van der Waals surface area (Å²) in [4.78, 5) is 40.5. The molecule has 0 amide bonds. The average Bonchev–Trinajstić information content (AvgIpc) is 3.15. The van der Waals surface area contributed by atoms with Crippen LogP contribution < -0.4 is 4.90 Å². The fraction of sp³-hybridized carbons (Fsp3) is 0.581. The van der Waals surface area contributed by atoms with Crippen molar-refractivity contribution in [2.24, 2.45) is 17.3 Å². The monoisotopic (exact) mass is 505 g/mol. The molecule has 4 aliphatic rings. The van der Waals surface area contributed by atoms with E-state index in [2.05, 4.69) is 42.2 Å². The maximum Gasteiger partial charge on any atom is 0.303 e. The molecule has 198 valence electrons. The fourth-order valence-electron chi connectivity index (χ4n) is 8.06. The fourth-order valence-corrected chi connectivity index (χ4v) is 8.06. The first kappa shape index (κ1) is 25.9. The minimum Gasteiger partial charge on any atom is -0.451 e. The Hall–Kier alpha value is -2.73. The number of nitrogens with zero attached hydrogens (tertiary/aromatic N) is 1. The Morgan fingerprint density at radius 1 is 1.14 bits per heavy atom. The van der Waals surface area contributed by atoms with Gasteiger partial charge in [0, 0.05) is 58.0 Å². The molecule has 5 rings (SSSR count). The Morgan fingerprint density at radius 3 is 2.51 bits per heavy atom. The van der Waals surface area contributed by atoms with E-state index in [4.69, 9.17) is 9.47 Å². The highest BCUT2D eigenvalue weighted by Gasteiger charge is 2.67. The maximum absolute atomic E-state index is 13.7. The Kier molecular flexibility index (Phi) is 6.68. The van der Waals surface area contributed by atoms with Crippen molar-refractivity contribution in [3.63, 3.8) is 0 Å². The normalized spacial score (nSPS) is 32.7. The summed E-state index contributed by atoms with van der Waals surface area (Å²) in [5.74, 6) is 0.335. The van der Waals surface area contributed by atoms with E-state index in [1.807, 2.05) is 14.1 Å². The molecule has 5 atom stereocenters. The molecule has 0 heterocycles.